The summed E-state index contributed by atoms with van der Waals surface area (Å²) in [4.78, 5) is 7.30. The molecule has 0 amide bonds. The van der Waals surface area contributed by atoms with Crippen molar-refractivity contribution in [2.24, 2.45) is 0 Å². The van der Waals surface area contributed by atoms with Gasteiger partial charge in [0.15, 0.2) is 5.58 Å². The summed E-state index contributed by atoms with van der Waals surface area (Å²) in [6.07, 6.45) is 0. The molecule has 45 heavy (non-hydrogen) atoms. The van der Waals surface area contributed by atoms with Crippen LogP contribution in [-0.4, -0.2) is 9.55 Å². The molecule has 2 aromatic heterocycles. The number of hydrogen-bond acceptors (Lipinski definition) is 3. The molecule has 0 unspecified atom stereocenters. The molecule has 0 spiro atoms. The Morgan fingerprint density at radius 2 is 1.11 bits per heavy atom. The molecule has 9 aromatic rings. The van der Waals surface area contributed by atoms with Gasteiger partial charge in [-0.15, -0.1) is 0 Å². The third kappa shape index (κ3) is 4.19. The van der Waals surface area contributed by atoms with Gasteiger partial charge < -0.3 is 13.9 Å². The number of benzene rings is 7. The van der Waals surface area contributed by atoms with E-state index in [4.69, 9.17) is 9.40 Å². The highest BCUT2D eigenvalue weighted by Crippen LogP contribution is 2.41. The summed E-state index contributed by atoms with van der Waals surface area (Å²) < 4.78 is 8.58. The van der Waals surface area contributed by atoms with E-state index in [9.17, 15) is 0 Å². The summed E-state index contributed by atoms with van der Waals surface area (Å²) in [7, 11) is 0. The van der Waals surface area contributed by atoms with E-state index in [1.807, 2.05) is 36.4 Å². The zero-order valence-electron chi connectivity index (χ0n) is 24.3. The van der Waals surface area contributed by atoms with Crippen molar-refractivity contribution in [2.75, 3.05) is 4.90 Å². The topological polar surface area (TPSA) is 34.2 Å². The van der Waals surface area contributed by atoms with Gasteiger partial charge in [-0.2, -0.15) is 0 Å². The van der Waals surface area contributed by atoms with Gasteiger partial charge in [-0.25, -0.2) is 4.98 Å². The van der Waals surface area contributed by atoms with Crippen LogP contribution in [0.3, 0.4) is 0 Å². The van der Waals surface area contributed by atoms with Crippen molar-refractivity contribution in [3.63, 3.8) is 0 Å². The molecule has 2 heterocycles. The first kappa shape index (κ1) is 25.4. The van der Waals surface area contributed by atoms with Crippen LogP contribution in [0.1, 0.15) is 0 Å². The van der Waals surface area contributed by atoms with Gasteiger partial charge in [-0.3, -0.25) is 0 Å². The number of anilines is 3. The van der Waals surface area contributed by atoms with Crippen LogP contribution in [0.4, 0.5) is 17.1 Å². The second-order valence-electron chi connectivity index (χ2n) is 11.3. The van der Waals surface area contributed by atoms with E-state index >= 15 is 0 Å². The molecule has 4 nitrogen and oxygen atoms in total. The molecule has 9 rings (SSSR count). The first-order chi connectivity index (χ1) is 22.3. The largest absolute Gasteiger partial charge is 0.436 e. The minimum Gasteiger partial charge on any atom is -0.436 e. The fourth-order valence-corrected chi connectivity index (χ4v) is 6.52. The van der Waals surface area contributed by atoms with Crippen molar-refractivity contribution in [3.05, 3.63) is 164 Å². The highest BCUT2D eigenvalue weighted by atomic mass is 16.3. The zero-order chi connectivity index (χ0) is 29.7. The van der Waals surface area contributed by atoms with E-state index in [0.717, 1.165) is 50.2 Å². The SMILES string of the molecule is c1ccc(-c2nc3c(ccc4ccc(N(c5ccccc5)c5ccc6c(c5)c5ccccc5n6-c5ccccc5)cc43)o2)cc1. The zero-order valence-corrected chi connectivity index (χ0v) is 24.3. The van der Waals surface area contributed by atoms with Crippen LogP contribution in [0, 0.1) is 0 Å². The van der Waals surface area contributed by atoms with E-state index in [1.54, 1.807) is 0 Å². The lowest BCUT2D eigenvalue weighted by Gasteiger charge is -2.26. The van der Waals surface area contributed by atoms with Crippen LogP contribution in [0.15, 0.2) is 168 Å². The van der Waals surface area contributed by atoms with Crippen LogP contribution in [0.2, 0.25) is 0 Å². The van der Waals surface area contributed by atoms with Crippen molar-refractivity contribution >= 4 is 60.7 Å². The summed E-state index contributed by atoms with van der Waals surface area (Å²) >= 11 is 0. The minimum absolute atomic E-state index is 0.628. The van der Waals surface area contributed by atoms with Gasteiger partial charge in [0.25, 0.3) is 0 Å². The monoisotopic (exact) mass is 577 g/mol. The van der Waals surface area contributed by atoms with E-state index in [1.165, 1.54) is 21.8 Å². The van der Waals surface area contributed by atoms with Gasteiger partial charge in [0.1, 0.15) is 5.52 Å². The molecule has 0 atom stereocenters. The molecular formula is C41H27N3O. The maximum Gasteiger partial charge on any atom is 0.227 e. The lowest BCUT2D eigenvalue weighted by atomic mass is 10.1. The highest BCUT2D eigenvalue weighted by Gasteiger charge is 2.19. The van der Waals surface area contributed by atoms with Crippen molar-refractivity contribution < 1.29 is 4.42 Å². The Balaban J connectivity index is 1.26. The molecular weight excluding hydrogens is 550 g/mol. The number of hydrogen-bond donors (Lipinski definition) is 0. The van der Waals surface area contributed by atoms with E-state index in [-0.39, 0.29) is 0 Å². The molecule has 0 saturated heterocycles. The van der Waals surface area contributed by atoms with Gasteiger partial charge in [0, 0.05) is 44.5 Å². The average Bonchev–Trinajstić information content (AvgIpc) is 3.70. The summed E-state index contributed by atoms with van der Waals surface area (Å²) in [5.41, 5.74) is 9.34. The Labute approximate surface area is 260 Å². The second-order valence-corrected chi connectivity index (χ2v) is 11.3. The Hall–Kier alpha value is -6.13. The lowest BCUT2D eigenvalue weighted by Crippen LogP contribution is -2.09. The molecule has 0 aliphatic carbocycles. The maximum absolute atomic E-state index is 6.23. The summed E-state index contributed by atoms with van der Waals surface area (Å²) in [6.45, 7) is 0. The van der Waals surface area contributed by atoms with Gasteiger partial charge >= 0.3 is 0 Å². The molecule has 0 N–H and O–H groups in total. The van der Waals surface area contributed by atoms with Crippen molar-refractivity contribution in [2.45, 2.75) is 0 Å². The number of oxazole rings is 1. The molecule has 7 aromatic carbocycles. The van der Waals surface area contributed by atoms with Crippen LogP contribution in [0.5, 0.6) is 0 Å². The Morgan fingerprint density at radius 1 is 0.489 bits per heavy atom. The summed E-state index contributed by atoms with van der Waals surface area (Å²) in [5.74, 6) is 0.628. The first-order valence-corrected chi connectivity index (χ1v) is 15.1. The standard InChI is InChI=1S/C41H27N3O/c1-4-12-29(13-5-1)41-42-40-35-26-32(22-20-28(35)21-25-39(40)45-41)43(30-14-6-2-7-15-30)33-23-24-38-36(27-33)34-18-10-11-19-37(34)44(38)31-16-8-3-9-17-31/h1-27H. The smallest absolute Gasteiger partial charge is 0.227 e. The maximum atomic E-state index is 6.23. The van der Waals surface area contributed by atoms with Crippen LogP contribution in [0.25, 0.3) is 60.8 Å². The molecule has 212 valence electrons. The molecule has 0 aliphatic heterocycles. The van der Waals surface area contributed by atoms with Crippen molar-refractivity contribution in [1.82, 2.24) is 9.55 Å². The Morgan fingerprint density at radius 3 is 1.91 bits per heavy atom. The molecule has 4 heteroatoms. The summed E-state index contributed by atoms with van der Waals surface area (Å²) in [5, 5.41) is 4.61. The third-order valence-corrected chi connectivity index (χ3v) is 8.58. The number of aromatic nitrogens is 2. The molecule has 0 radical (unpaired) electrons. The predicted molar refractivity (Wildman–Crippen MR) is 186 cm³/mol. The number of fused-ring (bicyclic) bond motifs is 6. The van der Waals surface area contributed by atoms with Crippen LogP contribution < -0.4 is 4.90 Å². The van der Waals surface area contributed by atoms with Crippen LogP contribution >= 0.6 is 0 Å². The molecule has 0 saturated carbocycles. The van der Waals surface area contributed by atoms with E-state index in [2.05, 4.69) is 137 Å². The quantitative estimate of drug-likeness (QED) is 0.204. The highest BCUT2D eigenvalue weighted by molar-refractivity contribution is 6.11. The Kier molecular flexibility index (Phi) is 5.78. The third-order valence-electron chi connectivity index (χ3n) is 8.58. The molecule has 0 aliphatic rings. The second kappa shape index (κ2) is 10.2. The van der Waals surface area contributed by atoms with Crippen LogP contribution in [-0.2, 0) is 0 Å². The Bertz CT molecular complexity index is 2480. The van der Waals surface area contributed by atoms with Gasteiger partial charge in [0.05, 0.1) is 11.0 Å². The van der Waals surface area contributed by atoms with E-state index in [0.29, 0.717) is 5.89 Å². The molecule has 0 bridgehead atoms. The fraction of sp³-hybridized carbons (Fsp3) is 0. The first-order valence-electron chi connectivity index (χ1n) is 15.1. The van der Waals surface area contributed by atoms with Gasteiger partial charge in [-0.05, 0) is 84.2 Å². The normalized spacial score (nSPS) is 11.6. The number of nitrogens with zero attached hydrogens (tertiary/aromatic N) is 3. The minimum atomic E-state index is 0.628. The lowest BCUT2D eigenvalue weighted by molar-refractivity contribution is 0.620. The van der Waals surface area contributed by atoms with Crippen molar-refractivity contribution in [3.8, 4) is 17.1 Å². The van der Waals surface area contributed by atoms with E-state index < -0.39 is 0 Å². The van der Waals surface area contributed by atoms with Crippen molar-refractivity contribution in [1.29, 1.82) is 0 Å². The predicted octanol–water partition coefficient (Wildman–Crippen LogP) is 11.2. The van der Waals surface area contributed by atoms with Gasteiger partial charge in [0.2, 0.25) is 5.89 Å². The number of para-hydroxylation sites is 3. The molecule has 0 fully saturated rings. The van der Waals surface area contributed by atoms with Gasteiger partial charge in [-0.1, -0.05) is 84.9 Å². The summed E-state index contributed by atoms with van der Waals surface area (Å²) in [6, 6.07) is 57.4. The average molecular weight is 578 g/mol. The fourth-order valence-electron chi connectivity index (χ4n) is 6.52. The number of rotatable bonds is 5.